The lowest BCUT2D eigenvalue weighted by atomic mass is 10.1. The molecule has 0 saturated carbocycles. The van der Waals surface area contributed by atoms with Gasteiger partial charge in [-0.15, -0.1) is 0 Å². The minimum Gasteiger partial charge on any atom is -0.325 e. The third-order valence-corrected chi connectivity index (χ3v) is 5.39. The minimum absolute atomic E-state index is 0.122. The lowest BCUT2D eigenvalue weighted by molar-refractivity contribution is -0.132. The summed E-state index contributed by atoms with van der Waals surface area (Å²) in [6.45, 7) is 8.80. The van der Waals surface area contributed by atoms with E-state index < -0.39 is 0 Å². The number of rotatable bonds is 15. The van der Waals surface area contributed by atoms with Crippen molar-refractivity contribution in [1.29, 1.82) is 0 Å². The van der Waals surface area contributed by atoms with Gasteiger partial charge in [0, 0.05) is 12.3 Å². The molecule has 152 valence electrons. The number of carbonyl (C=O) groups is 1. The number of unbranched alkanes of at least 4 members (excludes halogenated alkanes) is 11. The summed E-state index contributed by atoms with van der Waals surface area (Å²) in [5, 5.41) is 3.52. The highest BCUT2D eigenvalue weighted by Gasteiger charge is 2.21. The highest BCUT2D eigenvalue weighted by Crippen LogP contribution is 2.12. The molecule has 0 radical (unpaired) electrons. The molecule has 0 aromatic heterocycles. The maximum absolute atomic E-state index is 12.2. The van der Waals surface area contributed by atoms with Crippen molar-refractivity contribution in [3.63, 3.8) is 0 Å². The van der Waals surface area contributed by atoms with Gasteiger partial charge in [-0.1, -0.05) is 77.6 Å². The fourth-order valence-electron chi connectivity index (χ4n) is 3.65. The van der Waals surface area contributed by atoms with Crippen LogP contribution >= 0.6 is 0 Å². The van der Waals surface area contributed by atoms with Crippen molar-refractivity contribution < 1.29 is 4.79 Å². The summed E-state index contributed by atoms with van der Waals surface area (Å²) < 4.78 is 0. The molecule has 1 aliphatic heterocycles. The molecular formula is C22H43N3O. The van der Waals surface area contributed by atoms with E-state index in [1.54, 1.807) is 0 Å². The first-order valence-corrected chi connectivity index (χ1v) is 11.2. The van der Waals surface area contributed by atoms with Gasteiger partial charge in [-0.2, -0.15) is 0 Å². The van der Waals surface area contributed by atoms with Crippen LogP contribution in [0.15, 0.2) is 4.99 Å². The van der Waals surface area contributed by atoms with Crippen LogP contribution in [-0.4, -0.2) is 42.3 Å². The molecule has 26 heavy (non-hydrogen) atoms. The van der Waals surface area contributed by atoms with Gasteiger partial charge < -0.3 is 4.90 Å². The quantitative estimate of drug-likeness (QED) is 0.399. The molecule has 1 atom stereocenters. The Labute approximate surface area is 162 Å². The van der Waals surface area contributed by atoms with Crippen molar-refractivity contribution in [2.24, 2.45) is 4.99 Å². The molecule has 1 rings (SSSR count). The van der Waals surface area contributed by atoms with Crippen LogP contribution in [-0.2, 0) is 4.79 Å². The molecule has 0 aromatic rings. The Morgan fingerprint density at radius 2 is 1.50 bits per heavy atom. The fourth-order valence-corrected chi connectivity index (χ4v) is 3.65. The van der Waals surface area contributed by atoms with Crippen molar-refractivity contribution in [3.05, 3.63) is 0 Å². The molecular weight excluding hydrogens is 322 g/mol. The summed E-state index contributed by atoms with van der Waals surface area (Å²) in [5.74, 6) is 0.207. The predicted molar refractivity (Wildman–Crippen MR) is 113 cm³/mol. The van der Waals surface area contributed by atoms with Gasteiger partial charge in [-0.3, -0.25) is 15.1 Å². The van der Waals surface area contributed by atoms with E-state index in [9.17, 15) is 4.79 Å². The highest BCUT2D eigenvalue weighted by atomic mass is 16.2. The molecule has 4 nitrogen and oxygen atoms in total. The molecule has 1 amide bonds. The summed E-state index contributed by atoms with van der Waals surface area (Å²) in [6, 6.07) is 0. The van der Waals surface area contributed by atoms with Gasteiger partial charge in [0.1, 0.15) is 0 Å². The van der Waals surface area contributed by atoms with Crippen LogP contribution in [0.3, 0.4) is 0 Å². The summed E-state index contributed by atoms with van der Waals surface area (Å²) >= 11 is 0. The molecule has 1 heterocycles. The number of hydrogen-bond donors (Lipinski definition) is 1. The van der Waals surface area contributed by atoms with Crippen LogP contribution in [0.25, 0.3) is 0 Å². The van der Waals surface area contributed by atoms with Gasteiger partial charge in [0.15, 0.2) is 0 Å². The second kappa shape index (κ2) is 15.2. The number of carbonyl (C=O) groups excluding carboxylic acids is 1. The minimum atomic E-state index is 0.122. The van der Waals surface area contributed by atoms with Crippen LogP contribution in [0.1, 0.15) is 104 Å². The molecule has 0 spiro atoms. The Morgan fingerprint density at radius 3 is 2.08 bits per heavy atom. The van der Waals surface area contributed by atoms with Crippen LogP contribution < -0.4 is 5.32 Å². The van der Waals surface area contributed by atoms with Gasteiger partial charge >= 0.3 is 0 Å². The van der Waals surface area contributed by atoms with Crippen molar-refractivity contribution in [3.8, 4) is 0 Å². The Kier molecular flexibility index (Phi) is 13.5. The molecule has 0 fully saturated rings. The van der Waals surface area contributed by atoms with E-state index in [1.165, 1.54) is 77.0 Å². The van der Waals surface area contributed by atoms with E-state index in [4.69, 9.17) is 0 Å². The van der Waals surface area contributed by atoms with E-state index in [0.717, 1.165) is 25.3 Å². The maximum atomic E-state index is 12.2. The van der Waals surface area contributed by atoms with Crippen LogP contribution in [0.2, 0.25) is 0 Å². The zero-order valence-corrected chi connectivity index (χ0v) is 17.7. The maximum Gasteiger partial charge on any atom is 0.229 e. The number of amides is 1. The van der Waals surface area contributed by atoms with E-state index in [1.807, 2.05) is 11.8 Å². The molecule has 0 saturated heterocycles. The second-order valence-corrected chi connectivity index (χ2v) is 7.90. The third-order valence-electron chi connectivity index (χ3n) is 5.39. The number of hydrogen-bond acceptors (Lipinski definition) is 3. The van der Waals surface area contributed by atoms with Gasteiger partial charge in [0.05, 0.1) is 19.1 Å². The summed E-state index contributed by atoms with van der Waals surface area (Å²) in [6.07, 6.45) is 17.1. The SMILES string of the molecule is CCCCCCCCCCCCCCNC(C)N1CCN=C(C)CC1=O. The average molecular weight is 366 g/mol. The molecule has 0 aliphatic carbocycles. The zero-order valence-electron chi connectivity index (χ0n) is 17.7. The Balaban J connectivity index is 1.92. The first kappa shape index (κ1) is 23.1. The van der Waals surface area contributed by atoms with E-state index in [0.29, 0.717) is 6.42 Å². The lowest BCUT2D eigenvalue weighted by Gasteiger charge is -2.28. The number of aliphatic imine (C=N–C) groups is 1. The molecule has 0 bridgehead atoms. The number of nitrogens with one attached hydrogen (secondary N) is 1. The molecule has 4 heteroatoms. The van der Waals surface area contributed by atoms with Gasteiger partial charge in [0.25, 0.3) is 0 Å². The normalized spacial score (nSPS) is 16.5. The Bertz CT molecular complexity index is 395. The third kappa shape index (κ3) is 10.9. The smallest absolute Gasteiger partial charge is 0.229 e. The fraction of sp³-hybridized carbons (Fsp3) is 0.909. The van der Waals surface area contributed by atoms with E-state index in [-0.39, 0.29) is 12.1 Å². The lowest BCUT2D eigenvalue weighted by Crippen LogP contribution is -2.48. The largest absolute Gasteiger partial charge is 0.325 e. The predicted octanol–water partition coefficient (Wildman–Crippen LogP) is 5.32. The Morgan fingerprint density at radius 1 is 0.962 bits per heavy atom. The number of nitrogens with zero attached hydrogens (tertiary/aromatic N) is 2. The van der Waals surface area contributed by atoms with Crippen molar-refractivity contribution in [2.75, 3.05) is 19.6 Å². The van der Waals surface area contributed by atoms with Crippen LogP contribution in [0, 0.1) is 0 Å². The van der Waals surface area contributed by atoms with E-state index in [2.05, 4.69) is 24.2 Å². The van der Waals surface area contributed by atoms with Crippen molar-refractivity contribution in [1.82, 2.24) is 10.2 Å². The summed E-state index contributed by atoms with van der Waals surface area (Å²) in [4.78, 5) is 18.6. The zero-order chi connectivity index (χ0) is 19.0. The highest BCUT2D eigenvalue weighted by molar-refractivity contribution is 6.00. The molecule has 0 aromatic carbocycles. The Hall–Kier alpha value is -0.900. The molecule has 1 aliphatic rings. The van der Waals surface area contributed by atoms with Gasteiger partial charge in [0.2, 0.25) is 5.91 Å². The molecule has 1 N–H and O–H groups in total. The standard InChI is InChI=1S/C22H43N3O/c1-4-5-6-7-8-9-10-11-12-13-14-15-16-24-21(3)25-18-17-23-20(2)19-22(25)26/h21,24H,4-19H2,1-3H3. The van der Waals surface area contributed by atoms with Gasteiger partial charge in [-0.05, 0) is 26.8 Å². The van der Waals surface area contributed by atoms with Crippen LogP contribution in [0.5, 0.6) is 0 Å². The topological polar surface area (TPSA) is 44.7 Å². The average Bonchev–Trinajstić information content (AvgIpc) is 2.78. The molecule has 1 unspecified atom stereocenters. The first-order valence-electron chi connectivity index (χ1n) is 11.2. The summed E-state index contributed by atoms with van der Waals surface area (Å²) in [5.41, 5.74) is 0.964. The van der Waals surface area contributed by atoms with Crippen molar-refractivity contribution in [2.45, 2.75) is 110 Å². The van der Waals surface area contributed by atoms with Crippen molar-refractivity contribution >= 4 is 11.6 Å². The second-order valence-electron chi connectivity index (χ2n) is 7.90. The first-order chi connectivity index (χ1) is 12.6. The van der Waals surface area contributed by atoms with Gasteiger partial charge in [-0.25, -0.2) is 0 Å². The van der Waals surface area contributed by atoms with E-state index >= 15 is 0 Å². The summed E-state index contributed by atoms with van der Waals surface area (Å²) in [7, 11) is 0. The van der Waals surface area contributed by atoms with Crippen LogP contribution in [0.4, 0.5) is 0 Å². The monoisotopic (exact) mass is 365 g/mol.